The smallest absolute Gasteiger partial charge is 0.115 e. The Kier molecular flexibility index (Phi) is 2.87. The van der Waals surface area contributed by atoms with Crippen molar-refractivity contribution in [2.24, 2.45) is 0 Å². The van der Waals surface area contributed by atoms with Crippen molar-refractivity contribution in [2.45, 2.75) is 13.8 Å². The molecule has 0 rings (SSSR count). The van der Waals surface area contributed by atoms with Crippen molar-refractivity contribution >= 4 is 0 Å². The van der Waals surface area contributed by atoms with Crippen LogP contribution in [0.25, 0.3) is 0 Å². The molecule has 1 heteroatoms. The Labute approximate surface area is 44.0 Å². The normalized spacial score (nSPS) is 6.00. The van der Waals surface area contributed by atoms with Gasteiger partial charge in [0.15, 0.2) is 0 Å². The predicted molar refractivity (Wildman–Crippen MR) is 29.3 cm³/mol. The van der Waals surface area contributed by atoms with Crippen LogP contribution < -0.4 is 0 Å². The second kappa shape index (κ2) is 3.30. The highest BCUT2D eigenvalue weighted by molar-refractivity contribution is 4.91. The van der Waals surface area contributed by atoms with E-state index in [-0.39, 0.29) is 0 Å². The first-order valence-electron chi connectivity index (χ1n) is 2.01. The minimum Gasteiger partial charge on any atom is -0.413 e. The molecule has 0 radical (unpaired) electrons. The molecule has 0 saturated carbocycles. The first kappa shape index (κ1) is 6.10. The van der Waals surface area contributed by atoms with E-state index < -0.39 is 0 Å². The van der Waals surface area contributed by atoms with Crippen LogP contribution in [0.4, 0.5) is 0 Å². The molecule has 0 aromatic heterocycles. The molecule has 0 spiro atoms. The first-order valence-corrected chi connectivity index (χ1v) is 2.01. The lowest BCUT2D eigenvalue weighted by molar-refractivity contribution is 0.389. The molecule has 0 unspecified atom stereocenters. The number of allylic oxidation sites excluding steroid dienone is 1. The summed E-state index contributed by atoms with van der Waals surface area (Å²) in [4.78, 5) is 0. The SMILES string of the molecule is C=C(C)OC#CC. The van der Waals surface area contributed by atoms with Crippen LogP contribution in [0.1, 0.15) is 13.8 Å². The summed E-state index contributed by atoms with van der Waals surface area (Å²) in [6.07, 6.45) is 2.40. The summed E-state index contributed by atoms with van der Waals surface area (Å²) in [5, 5.41) is 0. The summed E-state index contributed by atoms with van der Waals surface area (Å²) < 4.78 is 4.64. The Bertz CT molecular complexity index is 114. The molecule has 0 saturated heterocycles. The largest absolute Gasteiger partial charge is 0.413 e. The zero-order chi connectivity index (χ0) is 5.70. The molecule has 0 aliphatic rings. The van der Waals surface area contributed by atoms with E-state index in [0.29, 0.717) is 5.76 Å². The molecule has 0 atom stereocenters. The highest BCUT2D eigenvalue weighted by Crippen LogP contribution is 1.84. The lowest BCUT2D eigenvalue weighted by atomic mass is 10.7. The third-order valence-electron chi connectivity index (χ3n) is 0.327. The number of hydrogen-bond acceptors (Lipinski definition) is 1. The van der Waals surface area contributed by atoms with E-state index in [4.69, 9.17) is 0 Å². The number of hydrogen-bond donors (Lipinski definition) is 0. The van der Waals surface area contributed by atoms with Gasteiger partial charge in [-0.1, -0.05) is 12.5 Å². The lowest BCUT2D eigenvalue weighted by Gasteiger charge is -1.86. The van der Waals surface area contributed by atoms with Gasteiger partial charge in [-0.3, -0.25) is 0 Å². The summed E-state index contributed by atoms with van der Waals surface area (Å²) in [5.41, 5.74) is 0. The lowest BCUT2D eigenvalue weighted by Crippen LogP contribution is -1.71. The van der Waals surface area contributed by atoms with Gasteiger partial charge in [0.25, 0.3) is 0 Å². The summed E-state index contributed by atoms with van der Waals surface area (Å²) in [5.74, 6) is 3.20. The predicted octanol–water partition coefficient (Wildman–Crippen LogP) is 1.52. The Balaban J connectivity index is 3.26. The van der Waals surface area contributed by atoms with Gasteiger partial charge in [-0.05, 0) is 6.92 Å². The molecule has 0 heterocycles. The third-order valence-corrected chi connectivity index (χ3v) is 0.327. The maximum Gasteiger partial charge on any atom is 0.115 e. The van der Waals surface area contributed by atoms with E-state index in [1.807, 2.05) is 0 Å². The average Bonchev–Trinajstić information content (AvgIpc) is 1.61. The van der Waals surface area contributed by atoms with Gasteiger partial charge in [0.2, 0.25) is 0 Å². The third kappa shape index (κ3) is 5.10. The summed E-state index contributed by atoms with van der Waals surface area (Å²) in [6.45, 7) is 6.93. The minimum absolute atomic E-state index is 0.634. The Morgan fingerprint density at radius 2 is 2.29 bits per heavy atom. The maximum atomic E-state index is 4.64. The maximum absolute atomic E-state index is 4.64. The average molecular weight is 96.1 g/mol. The van der Waals surface area contributed by atoms with Crippen LogP contribution in [-0.2, 0) is 4.74 Å². The van der Waals surface area contributed by atoms with E-state index in [1.54, 1.807) is 13.8 Å². The van der Waals surface area contributed by atoms with Crippen LogP contribution in [0.5, 0.6) is 0 Å². The van der Waals surface area contributed by atoms with Gasteiger partial charge in [0.05, 0.1) is 0 Å². The fraction of sp³-hybridized carbons (Fsp3) is 0.333. The first-order chi connectivity index (χ1) is 3.27. The van der Waals surface area contributed by atoms with Gasteiger partial charge in [0, 0.05) is 6.92 Å². The van der Waals surface area contributed by atoms with Crippen molar-refractivity contribution in [3.05, 3.63) is 12.3 Å². The van der Waals surface area contributed by atoms with E-state index in [1.165, 1.54) is 0 Å². The Morgan fingerprint density at radius 1 is 1.71 bits per heavy atom. The zero-order valence-electron chi connectivity index (χ0n) is 4.62. The molecular weight excluding hydrogens is 88.1 g/mol. The Morgan fingerprint density at radius 3 is 2.43 bits per heavy atom. The molecule has 0 aliphatic heterocycles. The minimum atomic E-state index is 0.634. The zero-order valence-corrected chi connectivity index (χ0v) is 4.62. The van der Waals surface area contributed by atoms with Crippen LogP contribution in [0.15, 0.2) is 12.3 Å². The van der Waals surface area contributed by atoms with Crippen molar-refractivity contribution in [1.29, 1.82) is 0 Å². The molecule has 0 bridgehead atoms. The van der Waals surface area contributed by atoms with Crippen molar-refractivity contribution in [3.8, 4) is 12.0 Å². The van der Waals surface area contributed by atoms with Crippen molar-refractivity contribution in [2.75, 3.05) is 0 Å². The van der Waals surface area contributed by atoms with Crippen LogP contribution in [0.3, 0.4) is 0 Å². The van der Waals surface area contributed by atoms with E-state index in [0.717, 1.165) is 0 Å². The summed E-state index contributed by atoms with van der Waals surface area (Å²) in [7, 11) is 0. The van der Waals surface area contributed by atoms with Gasteiger partial charge < -0.3 is 4.74 Å². The number of ether oxygens (including phenoxy) is 1. The van der Waals surface area contributed by atoms with Gasteiger partial charge in [-0.25, -0.2) is 0 Å². The standard InChI is InChI=1S/C6H8O/c1-4-5-7-6(2)3/h2H2,1,3H3. The molecule has 7 heavy (non-hydrogen) atoms. The topological polar surface area (TPSA) is 9.23 Å². The van der Waals surface area contributed by atoms with E-state index in [9.17, 15) is 0 Å². The van der Waals surface area contributed by atoms with Crippen LogP contribution >= 0.6 is 0 Å². The van der Waals surface area contributed by atoms with Gasteiger partial charge in [-0.15, -0.1) is 0 Å². The molecular formula is C6H8O. The molecule has 0 fully saturated rings. The monoisotopic (exact) mass is 96.1 g/mol. The van der Waals surface area contributed by atoms with Crippen LogP contribution in [0, 0.1) is 12.0 Å². The molecule has 0 amide bonds. The highest BCUT2D eigenvalue weighted by atomic mass is 16.5. The molecule has 0 N–H and O–H groups in total. The molecule has 38 valence electrons. The fourth-order valence-electron chi connectivity index (χ4n) is 0.138. The molecule has 0 aromatic carbocycles. The fourth-order valence-corrected chi connectivity index (χ4v) is 0.138. The van der Waals surface area contributed by atoms with Gasteiger partial charge in [0.1, 0.15) is 11.9 Å². The molecule has 1 nitrogen and oxygen atoms in total. The second-order valence-corrected chi connectivity index (χ2v) is 1.16. The van der Waals surface area contributed by atoms with Crippen molar-refractivity contribution in [1.82, 2.24) is 0 Å². The van der Waals surface area contributed by atoms with Gasteiger partial charge in [-0.2, -0.15) is 0 Å². The van der Waals surface area contributed by atoms with E-state index >= 15 is 0 Å². The van der Waals surface area contributed by atoms with Gasteiger partial charge >= 0.3 is 0 Å². The van der Waals surface area contributed by atoms with Crippen LogP contribution in [-0.4, -0.2) is 0 Å². The number of rotatable bonds is 1. The van der Waals surface area contributed by atoms with E-state index in [2.05, 4.69) is 23.3 Å². The van der Waals surface area contributed by atoms with Crippen molar-refractivity contribution in [3.63, 3.8) is 0 Å². The Hall–Kier alpha value is -0.900. The van der Waals surface area contributed by atoms with Crippen LogP contribution in [0.2, 0.25) is 0 Å². The molecule has 0 aliphatic carbocycles. The summed E-state index contributed by atoms with van der Waals surface area (Å²) >= 11 is 0. The highest BCUT2D eigenvalue weighted by Gasteiger charge is 1.71. The quantitative estimate of drug-likeness (QED) is 0.355. The van der Waals surface area contributed by atoms with Crippen molar-refractivity contribution < 1.29 is 4.74 Å². The summed E-state index contributed by atoms with van der Waals surface area (Å²) in [6, 6.07) is 0. The second-order valence-electron chi connectivity index (χ2n) is 1.16. The molecule has 0 aromatic rings.